The largest absolute Gasteiger partial charge is 0.481 e. The van der Waals surface area contributed by atoms with Crippen molar-refractivity contribution < 1.29 is 18.7 Å². The number of hydrogen-bond donors (Lipinski definition) is 2. The van der Waals surface area contributed by atoms with Crippen molar-refractivity contribution >= 4 is 18.2 Å². The topological polar surface area (TPSA) is 58.0 Å². The van der Waals surface area contributed by atoms with Crippen molar-refractivity contribution in [2.75, 3.05) is 0 Å². The first-order valence-electron chi connectivity index (χ1n) is 6.91. The van der Waals surface area contributed by atoms with Gasteiger partial charge in [-0.2, -0.15) is 0 Å². The summed E-state index contributed by atoms with van der Waals surface area (Å²) in [6.45, 7) is 0.533. The van der Waals surface area contributed by atoms with E-state index in [1.54, 1.807) is 0 Å². The molecule has 1 fully saturated rings. The van der Waals surface area contributed by atoms with Gasteiger partial charge >= 0.3 is 5.97 Å². The predicted octanol–water partition coefficient (Wildman–Crippen LogP) is 2.89. The van der Waals surface area contributed by atoms with Gasteiger partial charge in [0.2, 0.25) is 0 Å². The number of aliphatic carboxylic acids is 1. The summed E-state index contributed by atoms with van der Waals surface area (Å²) in [6, 6.07) is 3.58. The number of imidazole rings is 1. The van der Waals surface area contributed by atoms with Gasteiger partial charge in [0.25, 0.3) is 0 Å². The average Bonchev–Trinajstić information content (AvgIpc) is 2.91. The van der Waals surface area contributed by atoms with Crippen LogP contribution in [0.1, 0.15) is 29.3 Å². The number of carboxylic acids is 1. The number of nitrogens with zero attached hydrogens (tertiary/aromatic N) is 1. The summed E-state index contributed by atoms with van der Waals surface area (Å²) in [4.78, 5) is 13.9. The number of nitrogens with one attached hydrogen (secondary N) is 1. The Hall–Kier alpha value is -2.02. The molecule has 4 rings (SSSR count). The van der Waals surface area contributed by atoms with Gasteiger partial charge in [0.05, 0.1) is 6.42 Å². The third kappa shape index (κ3) is 1.78. The Bertz CT molecular complexity index is 853. The summed E-state index contributed by atoms with van der Waals surface area (Å²) in [7, 11) is 0. The van der Waals surface area contributed by atoms with Gasteiger partial charge in [-0.15, -0.1) is 0 Å². The number of hydrogen-bond acceptors (Lipinski definition) is 2. The Morgan fingerprint density at radius 1 is 1.41 bits per heavy atom. The van der Waals surface area contributed by atoms with E-state index in [4.69, 9.17) is 17.3 Å². The Morgan fingerprint density at radius 2 is 2.09 bits per heavy atom. The van der Waals surface area contributed by atoms with E-state index >= 15 is 0 Å². The van der Waals surface area contributed by atoms with Crippen molar-refractivity contribution in [3.05, 3.63) is 51.6 Å². The Morgan fingerprint density at radius 3 is 2.73 bits per heavy atom. The lowest BCUT2D eigenvalue weighted by Crippen LogP contribution is -2.13. The summed E-state index contributed by atoms with van der Waals surface area (Å²) >= 11 is 5.24. The number of aromatic amines is 1. The first-order chi connectivity index (χ1) is 10.4. The van der Waals surface area contributed by atoms with Crippen LogP contribution in [0.4, 0.5) is 8.78 Å². The highest BCUT2D eigenvalue weighted by Gasteiger charge is 2.62. The maximum absolute atomic E-state index is 13.5. The van der Waals surface area contributed by atoms with E-state index < -0.39 is 17.6 Å². The average molecular weight is 322 g/mol. The summed E-state index contributed by atoms with van der Waals surface area (Å²) in [6.07, 6.45) is 0.630. The van der Waals surface area contributed by atoms with E-state index in [1.165, 1.54) is 12.1 Å². The number of fused-ring (bicyclic) bond motifs is 3. The molecule has 0 amide bonds. The summed E-state index contributed by atoms with van der Waals surface area (Å²) < 4.78 is 29.3. The molecule has 2 heterocycles. The van der Waals surface area contributed by atoms with Gasteiger partial charge in [-0.05, 0) is 36.3 Å². The van der Waals surface area contributed by atoms with Crippen molar-refractivity contribution in [2.24, 2.45) is 0 Å². The lowest BCUT2D eigenvalue weighted by atomic mass is 9.94. The van der Waals surface area contributed by atoms with Crippen LogP contribution < -0.4 is 0 Å². The summed E-state index contributed by atoms with van der Waals surface area (Å²) in [5.74, 6) is -2.06. The van der Waals surface area contributed by atoms with Gasteiger partial charge < -0.3 is 14.7 Å². The van der Waals surface area contributed by atoms with Gasteiger partial charge in [0.15, 0.2) is 4.77 Å². The molecule has 0 saturated heterocycles. The fraction of sp³-hybridized carbons (Fsp3) is 0.333. The third-order valence-corrected chi connectivity index (χ3v) is 5.04. The Labute approximate surface area is 129 Å². The highest BCUT2D eigenvalue weighted by Crippen LogP contribution is 2.66. The van der Waals surface area contributed by atoms with E-state index in [9.17, 15) is 13.6 Å². The molecular weight excluding hydrogens is 310 g/mol. The van der Waals surface area contributed by atoms with Gasteiger partial charge in [-0.3, -0.25) is 4.79 Å². The van der Waals surface area contributed by atoms with Crippen LogP contribution in [0.15, 0.2) is 18.2 Å². The van der Waals surface area contributed by atoms with Crippen LogP contribution in [0, 0.1) is 16.4 Å². The second-order valence-corrected chi connectivity index (χ2v) is 6.41. The zero-order valence-corrected chi connectivity index (χ0v) is 12.2. The SMILES string of the molecule is O=C(O)Cc1[nH]c(=S)n2c1C1C[C@]1(c1cc(F)cc(F)c1)C2. The smallest absolute Gasteiger partial charge is 0.309 e. The first kappa shape index (κ1) is 13.6. The lowest BCUT2D eigenvalue weighted by Gasteiger charge is -2.13. The van der Waals surface area contributed by atoms with Crippen molar-refractivity contribution in [1.82, 2.24) is 9.55 Å². The molecule has 1 aliphatic heterocycles. The molecule has 0 radical (unpaired) electrons. The van der Waals surface area contributed by atoms with Crippen molar-refractivity contribution in [2.45, 2.75) is 30.7 Å². The standard InChI is InChI=1S/C15H12F2N2O2S/c16-8-1-7(2-9(17)3-8)15-5-10(15)13-11(4-12(20)21)18-14(22)19(13)6-15/h1-3,10H,4-6H2,(H,18,22)(H,20,21)/t10?,15-/m1/s1. The fourth-order valence-electron chi connectivity index (χ4n) is 3.75. The molecule has 1 saturated carbocycles. The maximum atomic E-state index is 13.5. The van der Waals surface area contributed by atoms with Crippen molar-refractivity contribution in [3.63, 3.8) is 0 Å². The number of rotatable bonds is 3. The molecule has 4 nitrogen and oxygen atoms in total. The molecular formula is C15H12F2N2O2S. The molecule has 7 heteroatoms. The normalized spacial score (nSPS) is 24.9. The molecule has 2 aromatic rings. The molecule has 2 atom stereocenters. The van der Waals surface area contributed by atoms with Crippen molar-refractivity contribution in [3.8, 4) is 0 Å². The molecule has 1 unspecified atom stereocenters. The van der Waals surface area contributed by atoms with E-state index in [2.05, 4.69) is 4.98 Å². The zero-order valence-electron chi connectivity index (χ0n) is 11.4. The molecule has 1 aromatic heterocycles. The number of halogens is 2. The van der Waals surface area contributed by atoms with Crippen LogP contribution in [0.3, 0.4) is 0 Å². The van der Waals surface area contributed by atoms with Gasteiger partial charge in [0.1, 0.15) is 11.6 Å². The highest BCUT2D eigenvalue weighted by molar-refractivity contribution is 7.71. The van der Waals surface area contributed by atoms with Crippen LogP contribution in [-0.2, 0) is 23.2 Å². The molecule has 22 heavy (non-hydrogen) atoms. The molecule has 2 aliphatic rings. The van der Waals surface area contributed by atoms with Crippen LogP contribution in [0.5, 0.6) is 0 Å². The number of carbonyl (C=O) groups is 1. The second-order valence-electron chi connectivity index (χ2n) is 6.02. The third-order valence-electron chi connectivity index (χ3n) is 4.71. The van der Waals surface area contributed by atoms with Crippen LogP contribution >= 0.6 is 12.2 Å². The minimum absolute atomic E-state index is 0.0657. The Kier molecular flexibility index (Phi) is 2.64. The predicted molar refractivity (Wildman–Crippen MR) is 76.4 cm³/mol. The molecule has 1 aromatic carbocycles. The fourth-order valence-corrected chi connectivity index (χ4v) is 4.03. The first-order valence-corrected chi connectivity index (χ1v) is 7.31. The molecule has 0 spiro atoms. The minimum Gasteiger partial charge on any atom is -0.481 e. The van der Waals surface area contributed by atoms with Crippen molar-refractivity contribution in [1.29, 1.82) is 0 Å². The number of carboxylic acid groups (broad SMARTS) is 1. The lowest BCUT2D eigenvalue weighted by molar-refractivity contribution is -0.136. The second kappa shape index (κ2) is 4.25. The maximum Gasteiger partial charge on any atom is 0.309 e. The Balaban J connectivity index is 1.78. The zero-order chi connectivity index (χ0) is 15.6. The van der Waals surface area contributed by atoms with Gasteiger partial charge in [-0.1, -0.05) is 0 Å². The minimum atomic E-state index is -0.936. The van der Waals surface area contributed by atoms with E-state index in [-0.39, 0.29) is 17.8 Å². The molecule has 0 bridgehead atoms. The van der Waals surface area contributed by atoms with E-state index in [1.807, 2.05) is 4.57 Å². The summed E-state index contributed by atoms with van der Waals surface area (Å²) in [5, 5.41) is 9.00. The van der Waals surface area contributed by atoms with Gasteiger partial charge in [0, 0.05) is 35.3 Å². The highest BCUT2D eigenvalue weighted by atomic mass is 32.1. The molecule has 114 valence electrons. The van der Waals surface area contributed by atoms with Crippen LogP contribution in [0.25, 0.3) is 0 Å². The van der Waals surface area contributed by atoms with E-state index in [0.29, 0.717) is 22.6 Å². The number of aromatic nitrogens is 2. The number of H-pyrrole nitrogens is 1. The molecule has 2 N–H and O–H groups in total. The van der Waals surface area contributed by atoms with E-state index in [0.717, 1.165) is 18.2 Å². The summed E-state index contributed by atoms with van der Waals surface area (Å²) in [5.41, 5.74) is 1.74. The van der Waals surface area contributed by atoms with Crippen LogP contribution in [0.2, 0.25) is 0 Å². The number of benzene rings is 1. The molecule has 1 aliphatic carbocycles. The monoisotopic (exact) mass is 322 g/mol. The van der Waals surface area contributed by atoms with Gasteiger partial charge in [-0.25, -0.2) is 8.78 Å². The quantitative estimate of drug-likeness (QED) is 0.854. The van der Waals surface area contributed by atoms with Crippen LogP contribution in [-0.4, -0.2) is 20.6 Å².